The molecule has 0 aliphatic rings. The Morgan fingerprint density at radius 2 is 1.40 bits per heavy atom. The van der Waals surface area contributed by atoms with Gasteiger partial charge in [0.2, 0.25) is 4.45 Å². The number of thiol groups is 2. The van der Waals surface area contributed by atoms with Crippen LogP contribution < -0.4 is 0 Å². The van der Waals surface area contributed by atoms with Gasteiger partial charge >= 0.3 is 0 Å². The summed E-state index contributed by atoms with van der Waals surface area (Å²) in [6.45, 7) is 0. The molecule has 0 spiro atoms. The van der Waals surface area contributed by atoms with Gasteiger partial charge in [-0.05, 0) is 0 Å². The van der Waals surface area contributed by atoms with E-state index in [-0.39, 0.29) is 51.4 Å². The zero-order valence-corrected chi connectivity index (χ0v) is 7.71. The zero-order valence-electron chi connectivity index (χ0n) is 2.80. The van der Waals surface area contributed by atoms with Gasteiger partial charge in [-0.2, -0.15) is 0 Å². The summed E-state index contributed by atoms with van der Waals surface area (Å²) < 4.78 is -0.444. The van der Waals surface area contributed by atoms with Crippen LogP contribution in [0.2, 0.25) is 0 Å². The minimum atomic E-state index is -0.444. The fourth-order valence-electron chi connectivity index (χ4n) is 0. The van der Waals surface area contributed by atoms with Crippen molar-refractivity contribution >= 4 is 81.1 Å². The summed E-state index contributed by atoms with van der Waals surface area (Å²) in [7, 11) is 0. The topological polar surface area (TPSA) is 17.1 Å². The Balaban J connectivity index is 0. The molecule has 1 nitrogen and oxygen atoms in total. The molecule has 1 radical (unpaired) electrons. The van der Waals surface area contributed by atoms with Crippen molar-refractivity contribution < 1.29 is 4.79 Å². The first-order chi connectivity index (χ1) is 1.73. The van der Waals surface area contributed by atoms with Gasteiger partial charge in [-0.1, -0.05) is 25.3 Å². The maximum absolute atomic E-state index is 9.17. The molecule has 0 N–H and O–H groups in total. The molecule has 0 saturated carbocycles. The van der Waals surface area contributed by atoms with Gasteiger partial charge in [-0.25, -0.2) is 0 Å². The van der Waals surface area contributed by atoms with E-state index in [2.05, 4.69) is 25.3 Å². The van der Waals surface area contributed by atoms with Crippen LogP contribution in [0.4, 0.5) is 4.79 Å². The zero-order chi connectivity index (χ0) is 3.58. The molecule has 0 aromatic rings. The van der Waals surface area contributed by atoms with E-state index in [1.165, 1.54) is 0 Å². The van der Waals surface area contributed by atoms with E-state index < -0.39 is 4.45 Å². The van der Waals surface area contributed by atoms with Crippen LogP contribution in [0, 0.1) is 0 Å². The molecule has 0 bridgehead atoms. The molecule has 5 heavy (non-hydrogen) atoms. The van der Waals surface area contributed by atoms with Crippen LogP contribution >= 0.6 is 25.3 Å². The summed E-state index contributed by atoms with van der Waals surface area (Å²) in [6.07, 6.45) is 0. The molecular weight excluding hydrogens is 131 g/mol. The van der Waals surface area contributed by atoms with Crippen LogP contribution in [0.5, 0.6) is 0 Å². The van der Waals surface area contributed by atoms with E-state index in [0.29, 0.717) is 0 Å². The molecule has 0 fully saturated rings. The Bertz CT molecular complexity index is 32.6. The molecule has 0 aliphatic heterocycles. The second-order valence-electron chi connectivity index (χ2n) is 0.283. The van der Waals surface area contributed by atoms with E-state index in [1.54, 1.807) is 0 Å². The fourth-order valence-corrected chi connectivity index (χ4v) is 0. The molecule has 4 heteroatoms. The van der Waals surface area contributed by atoms with E-state index in [1.807, 2.05) is 0 Å². The minimum Gasteiger partial charge on any atom is -0.275 e. The third-order valence-corrected chi connectivity index (χ3v) is 0. The third kappa shape index (κ3) is 23.9. The minimum absolute atomic E-state index is 0. The smallest absolute Gasteiger partial charge is 0.239 e. The second kappa shape index (κ2) is 6.01. The number of hydrogen-bond acceptors (Lipinski definition) is 1. The Morgan fingerprint density at radius 3 is 1.40 bits per heavy atom. The summed E-state index contributed by atoms with van der Waals surface area (Å²) in [5.41, 5.74) is 0. The first-order valence-corrected chi connectivity index (χ1v) is 1.55. The Morgan fingerprint density at radius 1 is 1.40 bits per heavy atom. The van der Waals surface area contributed by atoms with Crippen LogP contribution in [0.3, 0.4) is 0 Å². The monoisotopic (exact) mass is 133 g/mol. The van der Waals surface area contributed by atoms with Crippen molar-refractivity contribution in [2.75, 3.05) is 0 Å². The molecular formula is CH2KOS2. The van der Waals surface area contributed by atoms with Crippen LogP contribution in [-0.2, 0) is 0 Å². The van der Waals surface area contributed by atoms with E-state index >= 15 is 0 Å². The van der Waals surface area contributed by atoms with Crippen molar-refractivity contribution in [2.45, 2.75) is 0 Å². The number of carbonyl (C=O) groups is 1. The summed E-state index contributed by atoms with van der Waals surface area (Å²) in [5.74, 6) is 0. The average molecular weight is 133 g/mol. The summed E-state index contributed by atoms with van der Waals surface area (Å²) in [4.78, 5) is 9.17. The SMILES string of the molecule is O=C(S)S.[K]. The van der Waals surface area contributed by atoms with Crippen LogP contribution in [-0.4, -0.2) is 55.8 Å². The first-order valence-electron chi connectivity index (χ1n) is 0.651. The number of carbonyl (C=O) groups excluding carboxylic acids is 1. The third-order valence-electron chi connectivity index (χ3n) is 0. The van der Waals surface area contributed by atoms with Crippen molar-refractivity contribution in [2.24, 2.45) is 0 Å². The standard InChI is InChI=1S/CH2OS2.K/c2-1(3)4;/h(H2,2,3,4);. The Kier molecular flexibility index (Phi) is 12.1. The molecule has 25 valence electrons. The maximum Gasteiger partial charge on any atom is 0.239 e. The van der Waals surface area contributed by atoms with Crippen LogP contribution in [0.25, 0.3) is 0 Å². The number of rotatable bonds is 0. The van der Waals surface area contributed by atoms with Crippen molar-refractivity contribution in [1.29, 1.82) is 0 Å². The normalized spacial score (nSPS) is 5.20. The summed E-state index contributed by atoms with van der Waals surface area (Å²) >= 11 is 6.38. The van der Waals surface area contributed by atoms with E-state index in [0.717, 1.165) is 0 Å². The fraction of sp³-hybridized carbons (Fsp3) is 0. The van der Waals surface area contributed by atoms with E-state index in [9.17, 15) is 4.79 Å². The van der Waals surface area contributed by atoms with Crippen molar-refractivity contribution in [3.8, 4) is 0 Å². The summed E-state index contributed by atoms with van der Waals surface area (Å²) in [5, 5.41) is 0. The predicted molar refractivity (Wildman–Crippen MR) is 29.1 cm³/mol. The van der Waals surface area contributed by atoms with Gasteiger partial charge in [-0.3, -0.25) is 4.79 Å². The van der Waals surface area contributed by atoms with Gasteiger partial charge in [0.1, 0.15) is 0 Å². The molecule has 0 rings (SSSR count). The van der Waals surface area contributed by atoms with Crippen molar-refractivity contribution in [3.63, 3.8) is 0 Å². The molecule has 0 amide bonds. The average Bonchev–Trinajstić information content (AvgIpc) is 0.811. The summed E-state index contributed by atoms with van der Waals surface area (Å²) in [6, 6.07) is 0. The largest absolute Gasteiger partial charge is 0.275 e. The van der Waals surface area contributed by atoms with Gasteiger partial charge in [-0.15, -0.1) is 0 Å². The Hall–Kier alpha value is 2.01. The van der Waals surface area contributed by atoms with Crippen molar-refractivity contribution in [3.05, 3.63) is 0 Å². The number of hydrogen-bond donors (Lipinski definition) is 2. The van der Waals surface area contributed by atoms with E-state index in [4.69, 9.17) is 0 Å². The van der Waals surface area contributed by atoms with Gasteiger partial charge < -0.3 is 0 Å². The van der Waals surface area contributed by atoms with Gasteiger partial charge in [0.15, 0.2) is 0 Å². The second-order valence-corrected chi connectivity index (χ2v) is 1.45. The van der Waals surface area contributed by atoms with Gasteiger partial charge in [0.05, 0.1) is 0 Å². The maximum atomic E-state index is 9.17. The van der Waals surface area contributed by atoms with Gasteiger partial charge in [0.25, 0.3) is 0 Å². The van der Waals surface area contributed by atoms with Crippen molar-refractivity contribution in [1.82, 2.24) is 0 Å². The molecule has 0 heterocycles. The molecule has 0 aliphatic carbocycles. The first kappa shape index (κ1) is 10.1. The molecule has 0 atom stereocenters. The predicted octanol–water partition coefficient (Wildman–Crippen LogP) is 0.585. The molecule has 0 unspecified atom stereocenters. The molecule has 0 saturated heterocycles. The Labute approximate surface area is 84.1 Å². The molecule has 0 aromatic heterocycles. The quantitative estimate of drug-likeness (QED) is 0.365. The van der Waals surface area contributed by atoms with Gasteiger partial charge in [0, 0.05) is 51.4 Å². The van der Waals surface area contributed by atoms with Crippen LogP contribution in [0.1, 0.15) is 0 Å². The molecule has 0 aromatic carbocycles. The van der Waals surface area contributed by atoms with Crippen LogP contribution in [0.15, 0.2) is 0 Å².